The third-order valence-corrected chi connectivity index (χ3v) is 6.33. The first-order valence-electron chi connectivity index (χ1n) is 10.3. The average molecular weight is 481 g/mol. The Morgan fingerprint density at radius 2 is 2.06 bits per heavy atom. The van der Waals surface area contributed by atoms with Crippen LogP contribution in [0.15, 0.2) is 34.7 Å². The van der Waals surface area contributed by atoms with E-state index in [2.05, 4.69) is 11.8 Å². The zero-order chi connectivity index (χ0) is 21.8. The Labute approximate surface area is 195 Å². The Morgan fingerprint density at radius 3 is 2.75 bits per heavy atom. The number of aromatic nitrogens is 1. The molecular formula is C21H25ClN4O5S. The fourth-order valence-electron chi connectivity index (χ4n) is 3.63. The van der Waals surface area contributed by atoms with Gasteiger partial charge in [-0.25, -0.2) is 4.98 Å². The lowest BCUT2D eigenvalue weighted by Gasteiger charge is -2.27. The number of hydrogen-bond acceptors (Lipinski definition) is 8. The molecule has 4 rings (SSSR count). The van der Waals surface area contributed by atoms with E-state index in [0.29, 0.717) is 11.7 Å². The minimum Gasteiger partial charge on any atom is -0.395 e. The molecule has 1 aliphatic rings. The summed E-state index contributed by atoms with van der Waals surface area (Å²) in [5, 5.41) is 11.5. The van der Waals surface area contributed by atoms with Gasteiger partial charge >= 0.3 is 5.88 Å². The highest BCUT2D eigenvalue weighted by atomic mass is 35.5. The highest BCUT2D eigenvalue weighted by molar-refractivity contribution is 7.22. The van der Waals surface area contributed by atoms with Crippen molar-refractivity contribution < 1.29 is 18.9 Å². The number of morpholine rings is 1. The number of fused-ring (bicyclic) bond motifs is 1. The van der Waals surface area contributed by atoms with Crippen LogP contribution in [0.5, 0.6) is 0 Å². The number of benzene rings is 1. The second kappa shape index (κ2) is 10.9. The van der Waals surface area contributed by atoms with Crippen LogP contribution in [0.4, 0.5) is 11.0 Å². The summed E-state index contributed by atoms with van der Waals surface area (Å²) in [6.45, 7) is 6.52. The molecule has 3 heterocycles. The summed E-state index contributed by atoms with van der Waals surface area (Å²) >= 11 is 1.44. The summed E-state index contributed by atoms with van der Waals surface area (Å²) in [6, 6.07) is 8.56. The van der Waals surface area contributed by atoms with Gasteiger partial charge in [0.05, 0.1) is 29.5 Å². The molecular weight excluding hydrogens is 456 g/mol. The van der Waals surface area contributed by atoms with E-state index in [0.717, 1.165) is 61.5 Å². The number of amides is 1. The van der Waals surface area contributed by atoms with Crippen molar-refractivity contribution in [3.8, 4) is 0 Å². The van der Waals surface area contributed by atoms with Crippen LogP contribution in [0.3, 0.4) is 0 Å². The van der Waals surface area contributed by atoms with E-state index in [9.17, 15) is 14.9 Å². The SMILES string of the molecule is CCc1cccc2sc(N(CCCN3CCOCC3)C(=O)c3ccc([N+](=O)[O-])o3)nc12.Cl. The Hall–Kier alpha value is -2.53. The lowest BCUT2D eigenvalue weighted by molar-refractivity contribution is -0.402. The van der Waals surface area contributed by atoms with Crippen molar-refractivity contribution in [3.05, 3.63) is 51.8 Å². The maximum absolute atomic E-state index is 13.2. The fourth-order valence-corrected chi connectivity index (χ4v) is 4.67. The monoisotopic (exact) mass is 480 g/mol. The van der Waals surface area contributed by atoms with Crippen molar-refractivity contribution in [2.75, 3.05) is 44.3 Å². The van der Waals surface area contributed by atoms with Crippen LogP contribution >= 0.6 is 23.7 Å². The number of furan rings is 1. The van der Waals surface area contributed by atoms with Crippen LogP contribution in [-0.4, -0.2) is 60.1 Å². The lowest BCUT2D eigenvalue weighted by Crippen LogP contribution is -2.39. The van der Waals surface area contributed by atoms with E-state index in [1.807, 2.05) is 18.2 Å². The molecule has 0 aliphatic carbocycles. The van der Waals surface area contributed by atoms with Gasteiger partial charge in [0.2, 0.25) is 0 Å². The molecule has 0 atom stereocenters. The predicted molar refractivity (Wildman–Crippen MR) is 125 cm³/mol. The average Bonchev–Trinajstić information content (AvgIpc) is 3.44. The number of anilines is 1. The summed E-state index contributed by atoms with van der Waals surface area (Å²) in [5.74, 6) is -0.936. The number of thiazole rings is 1. The molecule has 2 aromatic heterocycles. The van der Waals surface area contributed by atoms with Gasteiger partial charge in [0.15, 0.2) is 10.9 Å². The molecule has 1 aliphatic heterocycles. The summed E-state index contributed by atoms with van der Waals surface area (Å²) in [4.78, 5) is 32.2. The van der Waals surface area contributed by atoms with Crippen molar-refractivity contribution >= 4 is 50.9 Å². The molecule has 1 saturated heterocycles. The molecule has 0 spiro atoms. The van der Waals surface area contributed by atoms with Crippen molar-refractivity contribution in [1.29, 1.82) is 0 Å². The Bertz CT molecular complexity index is 1080. The van der Waals surface area contributed by atoms with Gasteiger partial charge in [-0.1, -0.05) is 30.4 Å². The smallest absolute Gasteiger partial charge is 0.395 e. The summed E-state index contributed by atoms with van der Waals surface area (Å²) < 4.78 is 11.6. The van der Waals surface area contributed by atoms with Crippen molar-refractivity contribution in [1.82, 2.24) is 9.88 Å². The third kappa shape index (κ3) is 5.26. The van der Waals surface area contributed by atoms with Gasteiger partial charge in [0.1, 0.15) is 4.92 Å². The number of nitrogens with zero attached hydrogens (tertiary/aromatic N) is 4. The molecule has 0 saturated carbocycles. The summed E-state index contributed by atoms with van der Waals surface area (Å²) in [6.07, 6.45) is 1.58. The maximum Gasteiger partial charge on any atom is 0.433 e. The van der Waals surface area contributed by atoms with Gasteiger partial charge in [0.25, 0.3) is 5.91 Å². The second-order valence-corrected chi connectivity index (χ2v) is 8.28. The van der Waals surface area contributed by atoms with Crippen LogP contribution in [0, 0.1) is 10.1 Å². The van der Waals surface area contributed by atoms with Gasteiger partial charge in [0, 0.05) is 26.2 Å². The molecule has 0 N–H and O–H groups in total. The van der Waals surface area contributed by atoms with E-state index in [1.165, 1.54) is 23.5 Å². The number of hydrogen-bond donors (Lipinski definition) is 0. The molecule has 1 amide bonds. The van der Waals surface area contributed by atoms with Crippen LogP contribution in [0.2, 0.25) is 0 Å². The minimum atomic E-state index is -0.648. The Kier molecular flexibility index (Phi) is 8.19. The number of halogens is 1. The van der Waals surface area contributed by atoms with Crippen molar-refractivity contribution in [2.24, 2.45) is 0 Å². The number of carbonyl (C=O) groups is 1. The molecule has 9 nitrogen and oxygen atoms in total. The van der Waals surface area contributed by atoms with Gasteiger partial charge in [-0.3, -0.25) is 24.7 Å². The van der Waals surface area contributed by atoms with Crippen LogP contribution in [-0.2, 0) is 11.2 Å². The molecule has 1 fully saturated rings. The molecule has 32 heavy (non-hydrogen) atoms. The van der Waals surface area contributed by atoms with Crippen molar-refractivity contribution in [2.45, 2.75) is 19.8 Å². The first-order chi connectivity index (χ1) is 15.1. The number of carbonyl (C=O) groups excluding carboxylic acids is 1. The summed E-state index contributed by atoms with van der Waals surface area (Å²) in [7, 11) is 0. The number of aryl methyl sites for hydroxylation is 1. The number of nitro groups is 1. The second-order valence-electron chi connectivity index (χ2n) is 7.27. The lowest BCUT2D eigenvalue weighted by atomic mass is 10.1. The van der Waals surface area contributed by atoms with Gasteiger partial charge in [-0.15, -0.1) is 12.4 Å². The van der Waals surface area contributed by atoms with E-state index in [4.69, 9.17) is 14.1 Å². The fraction of sp³-hybridized carbons (Fsp3) is 0.429. The largest absolute Gasteiger partial charge is 0.433 e. The first-order valence-corrected chi connectivity index (χ1v) is 11.1. The Balaban J connectivity index is 0.00000289. The summed E-state index contributed by atoms with van der Waals surface area (Å²) in [5.41, 5.74) is 2.01. The van der Waals surface area contributed by atoms with Gasteiger partial charge in [-0.05, 0) is 30.5 Å². The first kappa shape index (κ1) is 24.1. The van der Waals surface area contributed by atoms with E-state index in [1.54, 1.807) is 4.90 Å². The number of para-hydroxylation sites is 1. The normalized spacial score (nSPS) is 14.3. The highest BCUT2D eigenvalue weighted by Gasteiger charge is 2.26. The predicted octanol–water partition coefficient (Wildman–Crippen LogP) is 4.15. The Morgan fingerprint density at radius 1 is 1.28 bits per heavy atom. The van der Waals surface area contributed by atoms with E-state index in [-0.39, 0.29) is 18.2 Å². The van der Waals surface area contributed by atoms with Crippen molar-refractivity contribution in [3.63, 3.8) is 0 Å². The quantitative estimate of drug-likeness (QED) is 0.352. The standard InChI is InChI=1S/C21H24N4O5S.ClH/c1-2-15-5-3-6-17-19(15)22-21(31-17)24(10-4-9-23-11-13-29-14-12-23)20(26)16-7-8-18(30-16)25(27)28;/h3,5-8H,2,4,9-14H2,1H3;1H. The van der Waals surface area contributed by atoms with E-state index < -0.39 is 16.7 Å². The maximum atomic E-state index is 13.2. The highest BCUT2D eigenvalue weighted by Crippen LogP contribution is 2.32. The molecule has 1 aromatic carbocycles. The molecule has 11 heteroatoms. The molecule has 0 unspecified atom stereocenters. The van der Waals surface area contributed by atoms with Crippen LogP contribution in [0.25, 0.3) is 10.2 Å². The van der Waals surface area contributed by atoms with Gasteiger partial charge < -0.3 is 9.15 Å². The molecule has 3 aromatic rings. The van der Waals surface area contributed by atoms with Crippen LogP contribution < -0.4 is 4.90 Å². The van der Waals surface area contributed by atoms with E-state index >= 15 is 0 Å². The molecule has 172 valence electrons. The number of rotatable bonds is 8. The van der Waals surface area contributed by atoms with Gasteiger partial charge in [-0.2, -0.15) is 0 Å². The minimum absolute atomic E-state index is 0. The number of ether oxygens (including phenoxy) is 1. The molecule has 0 radical (unpaired) electrons. The topological polar surface area (TPSA) is 102 Å². The zero-order valence-electron chi connectivity index (χ0n) is 17.7. The zero-order valence-corrected chi connectivity index (χ0v) is 19.3. The third-order valence-electron chi connectivity index (χ3n) is 5.29. The van der Waals surface area contributed by atoms with Crippen LogP contribution in [0.1, 0.15) is 29.5 Å². The molecule has 0 bridgehead atoms.